The van der Waals surface area contributed by atoms with Gasteiger partial charge in [-0.15, -0.1) is 0 Å². The summed E-state index contributed by atoms with van der Waals surface area (Å²) >= 11 is 6.99. The summed E-state index contributed by atoms with van der Waals surface area (Å²) in [5.74, 6) is 1.65. The summed E-state index contributed by atoms with van der Waals surface area (Å²) in [6, 6.07) is 11.9. The van der Waals surface area contributed by atoms with Crippen molar-refractivity contribution in [2.75, 3.05) is 7.11 Å². The zero-order valence-electron chi connectivity index (χ0n) is 11.5. The van der Waals surface area contributed by atoms with E-state index in [2.05, 4.69) is 31.9 Å². The molecule has 0 fully saturated rings. The molecular weight excluding hydrogens is 398 g/mol. The second-order valence-electron chi connectivity index (χ2n) is 5.02. The van der Waals surface area contributed by atoms with Crippen LogP contribution in [0.5, 0.6) is 11.5 Å². The maximum Gasteiger partial charge on any atom is 0.133 e. The highest BCUT2D eigenvalue weighted by Crippen LogP contribution is 2.41. The molecule has 0 bridgehead atoms. The second-order valence-corrected chi connectivity index (χ2v) is 6.79. The molecule has 0 amide bonds. The van der Waals surface area contributed by atoms with Gasteiger partial charge < -0.3 is 15.2 Å². The quantitative estimate of drug-likeness (QED) is 0.774. The van der Waals surface area contributed by atoms with Gasteiger partial charge in [-0.2, -0.15) is 0 Å². The van der Waals surface area contributed by atoms with Crippen molar-refractivity contribution in [1.29, 1.82) is 0 Å². The van der Waals surface area contributed by atoms with E-state index in [1.807, 2.05) is 36.4 Å². The van der Waals surface area contributed by atoms with Gasteiger partial charge in [-0.1, -0.05) is 28.1 Å². The van der Waals surface area contributed by atoms with Gasteiger partial charge in [0.1, 0.15) is 17.6 Å². The second kappa shape index (κ2) is 5.99. The van der Waals surface area contributed by atoms with Gasteiger partial charge in [0.25, 0.3) is 0 Å². The number of rotatable bonds is 2. The Morgan fingerprint density at radius 1 is 1.19 bits per heavy atom. The molecule has 2 aromatic carbocycles. The van der Waals surface area contributed by atoms with Crippen LogP contribution >= 0.6 is 31.9 Å². The fourth-order valence-corrected chi connectivity index (χ4v) is 3.46. The van der Waals surface area contributed by atoms with Crippen molar-refractivity contribution in [3.63, 3.8) is 0 Å². The molecule has 1 aliphatic rings. The van der Waals surface area contributed by atoms with Gasteiger partial charge in [0.05, 0.1) is 11.6 Å². The van der Waals surface area contributed by atoms with Crippen LogP contribution in [0.3, 0.4) is 0 Å². The number of fused-ring (bicyclic) bond motifs is 1. The summed E-state index contributed by atoms with van der Waals surface area (Å²) < 4.78 is 13.3. The molecule has 0 spiro atoms. The summed E-state index contributed by atoms with van der Waals surface area (Å²) in [6.07, 6.45) is 0.705. The molecule has 0 aromatic heterocycles. The zero-order chi connectivity index (χ0) is 15.0. The van der Waals surface area contributed by atoms with E-state index in [4.69, 9.17) is 15.2 Å². The van der Waals surface area contributed by atoms with E-state index < -0.39 is 0 Å². The Hall–Kier alpha value is -1.04. The predicted molar refractivity (Wildman–Crippen MR) is 89.8 cm³/mol. The van der Waals surface area contributed by atoms with Crippen molar-refractivity contribution in [1.82, 2.24) is 0 Å². The van der Waals surface area contributed by atoms with E-state index in [1.54, 1.807) is 7.11 Å². The molecule has 110 valence electrons. The molecule has 5 heteroatoms. The predicted octanol–water partition coefficient (Wildman–Crippen LogP) is 4.74. The first-order valence-electron chi connectivity index (χ1n) is 6.63. The molecule has 3 nitrogen and oxygen atoms in total. The highest BCUT2D eigenvalue weighted by atomic mass is 79.9. The van der Waals surface area contributed by atoms with Crippen LogP contribution in [0, 0.1) is 0 Å². The molecule has 2 aromatic rings. The highest BCUT2D eigenvalue weighted by Gasteiger charge is 2.27. The van der Waals surface area contributed by atoms with Crippen LogP contribution in [-0.2, 0) is 0 Å². The average molecular weight is 413 g/mol. The molecule has 2 N–H and O–H groups in total. The van der Waals surface area contributed by atoms with Gasteiger partial charge in [0.2, 0.25) is 0 Å². The fraction of sp³-hybridized carbons (Fsp3) is 0.250. The smallest absolute Gasteiger partial charge is 0.133 e. The number of hydrogen-bond acceptors (Lipinski definition) is 3. The van der Waals surface area contributed by atoms with Gasteiger partial charge in [-0.25, -0.2) is 0 Å². The van der Waals surface area contributed by atoms with Crippen LogP contribution in [-0.4, -0.2) is 7.11 Å². The van der Waals surface area contributed by atoms with E-state index in [9.17, 15) is 0 Å². The van der Waals surface area contributed by atoms with Crippen molar-refractivity contribution in [2.24, 2.45) is 5.73 Å². The first kappa shape index (κ1) is 14.9. The Balaban J connectivity index is 1.93. The van der Waals surface area contributed by atoms with Crippen LogP contribution in [0.1, 0.15) is 29.7 Å². The zero-order valence-corrected chi connectivity index (χ0v) is 14.6. The van der Waals surface area contributed by atoms with E-state index >= 15 is 0 Å². The lowest BCUT2D eigenvalue weighted by molar-refractivity contribution is 0.161. The van der Waals surface area contributed by atoms with Gasteiger partial charge in [-0.05, 0) is 45.8 Å². The van der Waals surface area contributed by atoms with Crippen LogP contribution < -0.4 is 15.2 Å². The Morgan fingerprint density at radius 2 is 2.00 bits per heavy atom. The summed E-state index contributed by atoms with van der Waals surface area (Å²) in [6.45, 7) is 0. The number of hydrogen-bond donors (Lipinski definition) is 1. The minimum atomic E-state index is -0.0518. The first-order valence-corrected chi connectivity index (χ1v) is 8.22. The molecule has 0 aliphatic carbocycles. The van der Waals surface area contributed by atoms with Gasteiger partial charge in [0, 0.05) is 22.5 Å². The molecule has 3 rings (SSSR count). The molecule has 1 aliphatic heterocycles. The Bertz CT molecular complexity index is 675. The van der Waals surface area contributed by atoms with Gasteiger partial charge in [0.15, 0.2) is 0 Å². The van der Waals surface area contributed by atoms with Crippen molar-refractivity contribution in [3.8, 4) is 11.5 Å². The van der Waals surface area contributed by atoms with Crippen LogP contribution in [0.15, 0.2) is 45.3 Å². The van der Waals surface area contributed by atoms with Crippen molar-refractivity contribution >= 4 is 31.9 Å². The molecular formula is C16H15Br2NO2. The average Bonchev–Trinajstić information content (AvgIpc) is 2.46. The van der Waals surface area contributed by atoms with Crippen molar-refractivity contribution in [3.05, 3.63) is 56.5 Å². The number of ether oxygens (including phenoxy) is 2. The summed E-state index contributed by atoms with van der Waals surface area (Å²) in [7, 11) is 1.65. The lowest BCUT2D eigenvalue weighted by Gasteiger charge is -2.31. The Morgan fingerprint density at radius 3 is 2.71 bits per heavy atom. The molecule has 0 radical (unpaired) electrons. The first-order chi connectivity index (χ1) is 10.1. The summed E-state index contributed by atoms with van der Waals surface area (Å²) in [4.78, 5) is 0. The molecule has 2 atom stereocenters. The molecule has 0 saturated carbocycles. The topological polar surface area (TPSA) is 44.5 Å². The molecule has 1 unspecified atom stereocenters. The maximum absolute atomic E-state index is 6.29. The summed E-state index contributed by atoms with van der Waals surface area (Å²) in [5, 5.41) is 0. The lowest BCUT2D eigenvalue weighted by atomic mass is 9.93. The fourth-order valence-electron chi connectivity index (χ4n) is 2.56. The van der Waals surface area contributed by atoms with E-state index in [0.29, 0.717) is 0 Å². The monoisotopic (exact) mass is 411 g/mol. The number of nitrogens with two attached hydrogens (primary N) is 1. The molecule has 0 saturated heterocycles. The van der Waals surface area contributed by atoms with Crippen molar-refractivity contribution in [2.45, 2.75) is 18.6 Å². The lowest BCUT2D eigenvalue weighted by Crippen LogP contribution is -2.24. The standard InChI is InChI=1S/C16H15Br2NO2/c1-20-14-5-2-9(6-12(14)18)15-8-13(19)11-4-3-10(17)7-16(11)21-15/h2-7,13,15H,8,19H2,1H3/t13-,15?/m0/s1. The number of benzene rings is 2. The minimum Gasteiger partial charge on any atom is -0.496 e. The van der Waals surface area contributed by atoms with E-state index in [-0.39, 0.29) is 12.1 Å². The third-order valence-electron chi connectivity index (χ3n) is 3.66. The van der Waals surface area contributed by atoms with E-state index in [1.165, 1.54) is 0 Å². The normalized spacial score (nSPS) is 20.6. The van der Waals surface area contributed by atoms with Crippen LogP contribution in [0.4, 0.5) is 0 Å². The third kappa shape index (κ3) is 2.96. The minimum absolute atomic E-state index is 0.0206. The van der Waals surface area contributed by atoms with Crippen LogP contribution in [0.25, 0.3) is 0 Å². The number of halogens is 2. The van der Waals surface area contributed by atoms with Crippen molar-refractivity contribution < 1.29 is 9.47 Å². The molecule has 21 heavy (non-hydrogen) atoms. The van der Waals surface area contributed by atoms with E-state index in [0.717, 1.165) is 38.0 Å². The number of methoxy groups -OCH3 is 1. The van der Waals surface area contributed by atoms with Crippen LogP contribution in [0.2, 0.25) is 0 Å². The maximum atomic E-state index is 6.29. The summed E-state index contributed by atoms with van der Waals surface area (Å²) in [5.41, 5.74) is 8.43. The Labute approximate surface area is 140 Å². The molecule has 1 heterocycles. The largest absolute Gasteiger partial charge is 0.496 e. The SMILES string of the molecule is COc1ccc(C2C[C@H](N)c3ccc(Br)cc3O2)cc1Br. The van der Waals surface area contributed by atoms with Gasteiger partial charge in [-0.3, -0.25) is 0 Å². The third-order valence-corrected chi connectivity index (χ3v) is 4.77. The Kier molecular flexibility index (Phi) is 4.24. The highest BCUT2D eigenvalue weighted by molar-refractivity contribution is 9.10. The van der Waals surface area contributed by atoms with Gasteiger partial charge >= 0.3 is 0 Å².